The molecule has 0 unspecified atom stereocenters. The maximum atomic E-state index is 13.5. The monoisotopic (exact) mass is 461 g/mol. The number of anilines is 1. The Hall–Kier alpha value is -3.68. The molecule has 1 amide bonds. The molecule has 0 atom stereocenters. The first-order valence-electron chi connectivity index (χ1n) is 11.8. The Kier molecular flexibility index (Phi) is 6.95. The van der Waals surface area contributed by atoms with Gasteiger partial charge in [-0.3, -0.25) is 14.8 Å². The van der Waals surface area contributed by atoms with Crippen molar-refractivity contribution >= 4 is 29.8 Å². The summed E-state index contributed by atoms with van der Waals surface area (Å²) in [6, 6.07) is 9.28. The Labute approximate surface area is 199 Å². The second-order valence-corrected chi connectivity index (χ2v) is 9.31. The second kappa shape index (κ2) is 10.1. The highest BCUT2D eigenvalue weighted by molar-refractivity contribution is 6.01. The minimum Gasteiger partial charge on any atom is -0.477 e. The summed E-state index contributed by atoms with van der Waals surface area (Å²) in [5, 5.41) is 21.3. The zero-order chi connectivity index (χ0) is 24.2. The predicted octanol–water partition coefficient (Wildman–Crippen LogP) is 5.03. The lowest BCUT2D eigenvalue weighted by atomic mass is 9.82. The van der Waals surface area contributed by atoms with E-state index in [2.05, 4.69) is 22.2 Å². The van der Waals surface area contributed by atoms with Crippen molar-refractivity contribution in [3.63, 3.8) is 0 Å². The molecule has 0 bridgehead atoms. The van der Waals surface area contributed by atoms with E-state index in [9.17, 15) is 14.7 Å². The predicted molar refractivity (Wildman–Crippen MR) is 132 cm³/mol. The van der Waals surface area contributed by atoms with Crippen molar-refractivity contribution in [3.05, 3.63) is 59.5 Å². The fourth-order valence-corrected chi connectivity index (χ4v) is 4.42. The maximum absolute atomic E-state index is 13.5. The van der Waals surface area contributed by atoms with Gasteiger partial charge in [0.2, 0.25) is 5.91 Å². The topological polar surface area (TPSA) is 104 Å². The van der Waals surface area contributed by atoms with Crippen LogP contribution in [0.25, 0.3) is 17.8 Å². The zero-order valence-electron chi connectivity index (χ0n) is 19.8. The first-order chi connectivity index (χ1) is 16.3. The minimum absolute atomic E-state index is 0.0226. The van der Waals surface area contributed by atoms with Crippen LogP contribution in [0.15, 0.2) is 42.7 Å². The lowest BCUT2D eigenvalue weighted by Gasteiger charge is -2.32. The fraction of sp³-hybridized carbons (Fsp3) is 0.385. The van der Waals surface area contributed by atoms with E-state index in [0.717, 1.165) is 42.6 Å². The van der Waals surface area contributed by atoms with Crippen LogP contribution in [0.4, 0.5) is 5.82 Å². The molecular weight excluding hydrogens is 430 g/mol. The summed E-state index contributed by atoms with van der Waals surface area (Å²) in [5.41, 5.74) is 2.62. The molecule has 0 spiro atoms. The molecule has 1 aromatic carbocycles. The average molecular weight is 462 g/mol. The lowest BCUT2D eigenvalue weighted by Crippen LogP contribution is -2.43. The Bertz CT molecular complexity index is 1150. The smallest absolute Gasteiger partial charge is 0.341 e. The highest BCUT2D eigenvalue weighted by Crippen LogP contribution is 2.32. The SMILES string of the molecule is CC1CCC(C(=O)N(c2nn(-c3ccc(/C=C/c4ccn[nH]4)cc3)cc2C(=O)O)C(C)C)CC1. The summed E-state index contributed by atoms with van der Waals surface area (Å²) < 4.78 is 1.53. The number of hydrogen-bond donors (Lipinski definition) is 2. The normalized spacial score (nSPS) is 18.5. The summed E-state index contributed by atoms with van der Waals surface area (Å²) in [6.07, 6.45) is 10.8. The number of benzene rings is 1. The molecule has 0 aliphatic heterocycles. The fourth-order valence-electron chi connectivity index (χ4n) is 4.42. The number of aromatic nitrogens is 4. The second-order valence-electron chi connectivity index (χ2n) is 9.31. The molecule has 1 fully saturated rings. The average Bonchev–Trinajstić information content (AvgIpc) is 3.49. The van der Waals surface area contributed by atoms with Gasteiger partial charge in [0.05, 0.1) is 11.4 Å². The number of carboxylic acids is 1. The van der Waals surface area contributed by atoms with E-state index < -0.39 is 5.97 Å². The molecule has 2 N–H and O–H groups in total. The van der Waals surface area contributed by atoms with Gasteiger partial charge in [0.1, 0.15) is 5.56 Å². The lowest BCUT2D eigenvalue weighted by molar-refractivity contribution is -0.123. The standard InChI is InChI=1S/C26H31N5O3/c1-17(2)31(25(32)20-9-4-18(3)5-10-20)24-23(26(33)34)16-30(29-24)22-12-7-19(8-13-22)6-11-21-14-15-27-28-21/h6-8,11-18,20H,4-5,9-10H2,1-3H3,(H,27,28)(H,33,34)/b11-6+. The zero-order valence-corrected chi connectivity index (χ0v) is 19.8. The van der Waals surface area contributed by atoms with E-state index in [0.29, 0.717) is 5.92 Å². The van der Waals surface area contributed by atoms with E-state index in [-0.39, 0.29) is 29.2 Å². The third-order valence-electron chi connectivity index (χ3n) is 6.41. The van der Waals surface area contributed by atoms with Gasteiger partial charge in [-0.2, -0.15) is 5.10 Å². The van der Waals surface area contributed by atoms with Crippen LogP contribution in [0.3, 0.4) is 0 Å². The van der Waals surface area contributed by atoms with E-state index in [1.165, 1.54) is 10.9 Å². The maximum Gasteiger partial charge on any atom is 0.341 e. The molecule has 2 heterocycles. The third kappa shape index (κ3) is 5.11. The number of nitrogens with zero attached hydrogens (tertiary/aromatic N) is 4. The van der Waals surface area contributed by atoms with Crippen molar-refractivity contribution in [2.24, 2.45) is 11.8 Å². The summed E-state index contributed by atoms with van der Waals surface area (Å²) in [7, 11) is 0. The van der Waals surface area contributed by atoms with Gasteiger partial charge >= 0.3 is 5.97 Å². The van der Waals surface area contributed by atoms with Crippen LogP contribution in [0.1, 0.15) is 68.1 Å². The van der Waals surface area contributed by atoms with Crippen molar-refractivity contribution in [1.82, 2.24) is 20.0 Å². The summed E-state index contributed by atoms with van der Waals surface area (Å²) in [6.45, 7) is 6.01. The largest absolute Gasteiger partial charge is 0.477 e. The molecule has 0 saturated heterocycles. The van der Waals surface area contributed by atoms with Gasteiger partial charge in [0.25, 0.3) is 0 Å². The molecule has 1 aliphatic rings. The van der Waals surface area contributed by atoms with Gasteiger partial charge in [-0.25, -0.2) is 9.48 Å². The Balaban J connectivity index is 1.61. The van der Waals surface area contributed by atoms with Gasteiger partial charge in [-0.1, -0.05) is 25.1 Å². The number of aromatic amines is 1. The number of carbonyl (C=O) groups is 2. The summed E-state index contributed by atoms with van der Waals surface area (Å²) in [5.74, 6) is -0.395. The van der Waals surface area contributed by atoms with Crippen LogP contribution in [0.5, 0.6) is 0 Å². The van der Waals surface area contributed by atoms with Crippen molar-refractivity contribution in [1.29, 1.82) is 0 Å². The highest BCUT2D eigenvalue weighted by Gasteiger charge is 2.34. The number of aromatic carboxylic acids is 1. The van der Waals surface area contributed by atoms with Crippen LogP contribution in [0, 0.1) is 11.8 Å². The molecule has 34 heavy (non-hydrogen) atoms. The van der Waals surface area contributed by atoms with Gasteiger partial charge in [-0.05, 0) is 75.3 Å². The van der Waals surface area contributed by atoms with E-state index in [1.54, 1.807) is 11.1 Å². The molecule has 4 rings (SSSR count). The number of carboxylic acid groups (broad SMARTS) is 1. The minimum atomic E-state index is -1.10. The molecule has 2 aromatic heterocycles. The molecule has 0 radical (unpaired) electrons. The van der Waals surface area contributed by atoms with Gasteiger partial charge in [0.15, 0.2) is 5.82 Å². The first kappa shape index (κ1) is 23.5. The van der Waals surface area contributed by atoms with Crippen molar-refractivity contribution in [2.75, 3.05) is 4.90 Å². The van der Waals surface area contributed by atoms with Gasteiger partial charge < -0.3 is 5.11 Å². The van der Waals surface area contributed by atoms with Crippen molar-refractivity contribution in [2.45, 2.75) is 52.5 Å². The van der Waals surface area contributed by atoms with Crippen molar-refractivity contribution < 1.29 is 14.7 Å². The molecular formula is C26H31N5O3. The molecule has 178 valence electrons. The van der Waals surface area contributed by atoms with Gasteiger partial charge in [0, 0.05) is 24.4 Å². The first-order valence-corrected chi connectivity index (χ1v) is 11.8. The number of hydrogen-bond acceptors (Lipinski definition) is 4. The number of rotatable bonds is 7. The summed E-state index contributed by atoms with van der Waals surface area (Å²) in [4.78, 5) is 27.1. The van der Waals surface area contributed by atoms with E-state index in [4.69, 9.17) is 0 Å². The van der Waals surface area contributed by atoms with Crippen LogP contribution in [0.2, 0.25) is 0 Å². The Morgan fingerprint density at radius 1 is 1.12 bits per heavy atom. The van der Waals surface area contributed by atoms with Crippen LogP contribution in [-0.2, 0) is 4.79 Å². The van der Waals surface area contributed by atoms with Crippen LogP contribution < -0.4 is 4.90 Å². The van der Waals surface area contributed by atoms with Crippen LogP contribution in [-0.4, -0.2) is 43.0 Å². The number of amides is 1. The quantitative estimate of drug-likeness (QED) is 0.513. The molecule has 3 aromatic rings. The molecule has 1 saturated carbocycles. The number of H-pyrrole nitrogens is 1. The molecule has 8 nitrogen and oxygen atoms in total. The van der Waals surface area contributed by atoms with Gasteiger partial charge in [-0.15, -0.1) is 5.10 Å². The molecule has 1 aliphatic carbocycles. The highest BCUT2D eigenvalue weighted by atomic mass is 16.4. The third-order valence-corrected chi connectivity index (χ3v) is 6.41. The van der Waals surface area contributed by atoms with E-state index in [1.807, 2.05) is 56.3 Å². The van der Waals surface area contributed by atoms with Crippen LogP contribution >= 0.6 is 0 Å². The number of carbonyl (C=O) groups excluding carboxylic acids is 1. The molecule has 8 heteroatoms. The number of nitrogens with one attached hydrogen (secondary N) is 1. The summed E-state index contributed by atoms with van der Waals surface area (Å²) >= 11 is 0. The van der Waals surface area contributed by atoms with Crippen molar-refractivity contribution in [3.8, 4) is 5.69 Å². The van der Waals surface area contributed by atoms with E-state index >= 15 is 0 Å². The Morgan fingerprint density at radius 3 is 2.41 bits per heavy atom. The Morgan fingerprint density at radius 2 is 1.82 bits per heavy atom.